The molecule has 2 atom stereocenters. The minimum Gasteiger partial charge on any atom is -0.383 e. The van der Waals surface area contributed by atoms with Crippen molar-refractivity contribution in [2.75, 3.05) is 44.9 Å². The van der Waals surface area contributed by atoms with Crippen molar-refractivity contribution in [1.29, 1.82) is 0 Å². The molecule has 2 unspecified atom stereocenters. The van der Waals surface area contributed by atoms with Crippen molar-refractivity contribution >= 4 is 15.7 Å². The van der Waals surface area contributed by atoms with Crippen LogP contribution < -0.4 is 5.32 Å². The molecule has 0 aliphatic carbocycles. The van der Waals surface area contributed by atoms with E-state index in [4.69, 9.17) is 4.74 Å². The average Bonchev–Trinajstić information content (AvgIpc) is 2.99. The van der Waals surface area contributed by atoms with E-state index in [1.165, 1.54) is 0 Å². The Hall–Kier alpha value is -0.660. The first-order valence-corrected chi connectivity index (χ1v) is 8.56. The first-order valence-electron chi connectivity index (χ1n) is 6.74. The van der Waals surface area contributed by atoms with E-state index in [1.807, 2.05) is 0 Å². The van der Waals surface area contributed by atoms with E-state index >= 15 is 0 Å². The van der Waals surface area contributed by atoms with Crippen molar-refractivity contribution < 1.29 is 17.9 Å². The van der Waals surface area contributed by atoms with Crippen molar-refractivity contribution in [3.63, 3.8) is 0 Å². The largest absolute Gasteiger partial charge is 0.383 e. The number of hydrogen-bond donors (Lipinski definition) is 1. The molecule has 0 radical (unpaired) electrons. The van der Waals surface area contributed by atoms with Crippen LogP contribution in [0.2, 0.25) is 0 Å². The van der Waals surface area contributed by atoms with Crippen LogP contribution in [-0.4, -0.2) is 70.1 Å². The van der Waals surface area contributed by atoms with Crippen LogP contribution in [0.3, 0.4) is 0 Å². The summed E-state index contributed by atoms with van der Waals surface area (Å²) in [6.07, 6.45) is 1.39. The van der Waals surface area contributed by atoms with Gasteiger partial charge in [0.05, 0.1) is 24.0 Å². The maximum atomic E-state index is 12.5. The predicted molar refractivity (Wildman–Crippen MR) is 71.6 cm³/mol. The van der Waals surface area contributed by atoms with E-state index in [0.717, 1.165) is 13.0 Å². The molecule has 0 aromatic rings. The van der Waals surface area contributed by atoms with E-state index in [2.05, 4.69) is 5.32 Å². The van der Waals surface area contributed by atoms with Gasteiger partial charge >= 0.3 is 0 Å². The third-order valence-electron chi connectivity index (χ3n) is 3.88. The lowest BCUT2D eigenvalue weighted by atomic mass is 10.1. The zero-order valence-electron chi connectivity index (χ0n) is 11.3. The number of carbonyl (C=O) groups is 1. The van der Waals surface area contributed by atoms with Crippen LogP contribution >= 0.6 is 0 Å². The maximum Gasteiger partial charge on any atom is 0.227 e. The Morgan fingerprint density at radius 1 is 1.42 bits per heavy atom. The summed E-state index contributed by atoms with van der Waals surface area (Å²) in [4.78, 5) is 14.2. The van der Waals surface area contributed by atoms with Gasteiger partial charge in [-0.25, -0.2) is 8.42 Å². The quantitative estimate of drug-likeness (QED) is 0.721. The number of sulfone groups is 1. The molecule has 0 aromatic carbocycles. The third-order valence-corrected chi connectivity index (χ3v) is 5.63. The number of hydrogen-bond acceptors (Lipinski definition) is 5. The fraction of sp³-hybridized carbons (Fsp3) is 0.917. The van der Waals surface area contributed by atoms with Gasteiger partial charge in [-0.15, -0.1) is 0 Å². The van der Waals surface area contributed by atoms with Gasteiger partial charge in [-0.2, -0.15) is 0 Å². The number of nitrogens with one attached hydrogen (secondary N) is 1. The van der Waals surface area contributed by atoms with Gasteiger partial charge in [-0.3, -0.25) is 4.79 Å². The van der Waals surface area contributed by atoms with E-state index in [-0.39, 0.29) is 29.4 Å². The second-order valence-electron chi connectivity index (χ2n) is 5.27. The van der Waals surface area contributed by atoms with E-state index in [1.54, 1.807) is 12.0 Å². The van der Waals surface area contributed by atoms with Crippen LogP contribution in [0.15, 0.2) is 0 Å². The molecule has 6 nitrogen and oxygen atoms in total. The molecule has 0 bridgehead atoms. The van der Waals surface area contributed by atoms with Gasteiger partial charge in [0, 0.05) is 26.2 Å². The highest BCUT2D eigenvalue weighted by molar-refractivity contribution is 7.91. The molecule has 2 heterocycles. The normalized spacial score (nSPS) is 29.5. The number of methoxy groups -OCH3 is 1. The highest BCUT2D eigenvalue weighted by atomic mass is 32.2. The topological polar surface area (TPSA) is 75.7 Å². The minimum atomic E-state index is -2.97. The van der Waals surface area contributed by atoms with Crippen molar-refractivity contribution in [1.82, 2.24) is 10.2 Å². The highest BCUT2D eigenvalue weighted by Gasteiger charge is 2.37. The van der Waals surface area contributed by atoms with Gasteiger partial charge < -0.3 is 15.0 Å². The minimum absolute atomic E-state index is 0.0137. The van der Waals surface area contributed by atoms with Crippen LogP contribution in [0.4, 0.5) is 0 Å². The molecule has 19 heavy (non-hydrogen) atoms. The Labute approximate surface area is 114 Å². The van der Waals surface area contributed by atoms with Crippen molar-refractivity contribution in [2.24, 2.45) is 5.92 Å². The number of carbonyl (C=O) groups excluding carboxylic acids is 1. The molecule has 2 fully saturated rings. The number of amides is 1. The van der Waals surface area contributed by atoms with Crippen molar-refractivity contribution in [3.05, 3.63) is 0 Å². The van der Waals surface area contributed by atoms with Crippen LogP contribution in [0.25, 0.3) is 0 Å². The first kappa shape index (κ1) is 14.7. The Morgan fingerprint density at radius 3 is 2.74 bits per heavy atom. The van der Waals surface area contributed by atoms with Gasteiger partial charge in [-0.05, 0) is 19.4 Å². The average molecular weight is 290 g/mol. The van der Waals surface area contributed by atoms with Crippen LogP contribution in [0.1, 0.15) is 12.8 Å². The van der Waals surface area contributed by atoms with E-state index in [0.29, 0.717) is 26.1 Å². The van der Waals surface area contributed by atoms with E-state index < -0.39 is 9.84 Å². The molecule has 2 saturated heterocycles. The van der Waals surface area contributed by atoms with Crippen LogP contribution in [-0.2, 0) is 19.4 Å². The summed E-state index contributed by atoms with van der Waals surface area (Å²) in [6, 6.07) is -0.173. The SMILES string of the molecule is COCCN(C(=O)C1CCNC1)C1CCS(=O)(=O)C1. The Balaban J connectivity index is 2.04. The maximum absolute atomic E-state index is 12.5. The fourth-order valence-electron chi connectivity index (χ4n) is 2.78. The standard InChI is InChI=1S/C12H22N2O4S/c1-18-6-5-14(11-3-7-19(16,17)9-11)12(15)10-2-4-13-8-10/h10-11,13H,2-9H2,1H3. The molecule has 0 aromatic heterocycles. The Kier molecular flexibility index (Phi) is 4.81. The van der Waals surface area contributed by atoms with Crippen molar-refractivity contribution in [3.8, 4) is 0 Å². The number of rotatable bonds is 5. The molecule has 1 N–H and O–H groups in total. The fourth-order valence-corrected chi connectivity index (χ4v) is 4.51. The second kappa shape index (κ2) is 6.19. The summed E-state index contributed by atoms with van der Waals surface area (Å²) in [6.45, 7) is 2.48. The summed E-state index contributed by atoms with van der Waals surface area (Å²) in [7, 11) is -1.38. The van der Waals surface area contributed by atoms with Crippen LogP contribution in [0, 0.1) is 5.92 Å². The highest BCUT2D eigenvalue weighted by Crippen LogP contribution is 2.21. The Morgan fingerprint density at radius 2 is 2.21 bits per heavy atom. The lowest BCUT2D eigenvalue weighted by Gasteiger charge is -2.30. The van der Waals surface area contributed by atoms with Gasteiger partial charge in [0.25, 0.3) is 0 Å². The molecule has 0 spiro atoms. The second-order valence-corrected chi connectivity index (χ2v) is 7.50. The summed E-state index contributed by atoms with van der Waals surface area (Å²) >= 11 is 0. The zero-order chi connectivity index (χ0) is 13.9. The molecule has 110 valence electrons. The Bertz CT molecular complexity index is 417. The molecule has 2 rings (SSSR count). The molecule has 0 saturated carbocycles. The third kappa shape index (κ3) is 3.67. The summed E-state index contributed by atoms with van der Waals surface area (Å²) in [5.74, 6) is 0.351. The molecular formula is C12H22N2O4S. The lowest BCUT2D eigenvalue weighted by molar-refractivity contribution is -0.137. The predicted octanol–water partition coefficient (Wildman–Crippen LogP) is -0.742. The van der Waals surface area contributed by atoms with Gasteiger partial charge in [-0.1, -0.05) is 0 Å². The summed E-state index contributed by atoms with van der Waals surface area (Å²) in [5, 5.41) is 3.17. The molecular weight excluding hydrogens is 268 g/mol. The lowest BCUT2D eigenvalue weighted by Crippen LogP contribution is -2.46. The molecule has 1 amide bonds. The van der Waals surface area contributed by atoms with Gasteiger partial charge in [0.1, 0.15) is 0 Å². The summed E-state index contributed by atoms with van der Waals surface area (Å²) in [5.41, 5.74) is 0. The summed E-state index contributed by atoms with van der Waals surface area (Å²) < 4.78 is 28.2. The zero-order valence-corrected chi connectivity index (χ0v) is 12.1. The van der Waals surface area contributed by atoms with Crippen LogP contribution in [0.5, 0.6) is 0 Å². The van der Waals surface area contributed by atoms with Gasteiger partial charge in [0.15, 0.2) is 9.84 Å². The van der Waals surface area contributed by atoms with Crippen molar-refractivity contribution in [2.45, 2.75) is 18.9 Å². The molecule has 7 heteroatoms. The number of ether oxygens (including phenoxy) is 1. The molecule has 2 aliphatic heterocycles. The van der Waals surface area contributed by atoms with Gasteiger partial charge in [0.2, 0.25) is 5.91 Å². The monoisotopic (exact) mass is 290 g/mol. The van der Waals surface area contributed by atoms with E-state index in [9.17, 15) is 13.2 Å². The first-order chi connectivity index (χ1) is 9.03. The molecule has 2 aliphatic rings. The smallest absolute Gasteiger partial charge is 0.227 e. The number of nitrogens with zero attached hydrogens (tertiary/aromatic N) is 1.